The van der Waals surface area contributed by atoms with Gasteiger partial charge in [-0.1, -0.05) is 0 Å². The van der Waals surface area contributed by atoms with E-state index < -0.39 is 5.97 Å². The molecule has 0 bridgehead atoms. The lowest BCUT2D eigenvalue weighted by molar-refractivity contribution is 0.0590. The van der Waals surface area contributed by atoms with Crippen LogP contribution in [0.5, 0.6) is 5.75 Å². The molecule has 0 saturated carbocycles. The molecule has 2 aliphatic rings. The van der Waals surface area contributed by atoms with Gasteiger partial charge in [-0.25, -0.2) is 19.6 Å². The molecule has 0 spiro atoms. The van der Waals surface area contributed by atoms with Gasteiger partial charge in [0.05, 0.1) is 20.3 Å². The summed E-state index contributed by atoms with van der Waals surface area (Å²) in [6.07, 6.45) is 4.63. The fourth-order valence-electron chi connectivity index (χ4n) is 3.39. The number of amides is 2. The number of anilines is 1. The van der Waals surface area contributed by atoms with Crippen LogP contribution in [-0.2, 0) is 4.74 Å². The molecule has 3 rings (SSSR count). The number of ether oxygens (including phenoxy) is 2. The van der Waals surface area contributed by atoms with Gasteiger partial charge in [0, 0.05) is 26.2 Å². The van der Waals surface area contributed by atoms with E-state index in [2.05, 4.69) is 15.3 Å². The zero-order valence-corrected chi connectivity index (χ0v) is 14.5. The number of nitrogens with one attached hydrogen (secondary N) is 1. The minimum absolute atomic E-state index is 0.0666. The van der Waals surface area contributed by atoms with Gasteiger partial charge in [-0.15, -0.1) is 0 Å². The average Bonchev–Trinajstić information content (AvgIpc) is 2.97. The van der Waals surface area contributed by atoms with Crippen LogP contribution in [0.3, 0.4) is 0 Å². The van der Waals surface area contributed by atoms with Gasteiger partial charge in [0.1, 0.15) is 6.33 Å². The van der Waals surface area contributed by atoms with Crippen molar-refractivity contribution in [1.29, 1.82) is 0 Å². The van der Waals surface area contributed by atoms with Crippen molar-refractivity contribution < 1.29 is 19.1 Å². The third-order valence-corrected chi connectivity index (χ3v) is 4.64. The number of hydrogen-bond acceptors (Lipinski definition) is 7. The maximum atomic E-state index is 12.4. The molecule has 2 fully saturated rings. The third kappa shape index (κ3) is 3.45. The van der Waals surface area contributed by atoms with E-state index in [1.54, 1.807) is 0 Å². The number of esters is 1. The molecular weight excluding hydrogens is 326 g/mol. The lowest BCUT2D eigenvalue weighted by atomic mass is 10.0. The topological polar surface area (TPSA) is 96.9 Å². The molecule has 2 aliphatic heterocycles. The molecule has 0 radical (unpaired) electrons. The Hall–Kier alpha value is -2.58. The van der Waals surface area contributed by atoms with Gasteiger partial charge in [0.2, 0.25) is 0 Å². The number of fused-ring (bicyclic) bond motifs is 1. The van der Waals surface area contributed by atoms with Gasteiger partial charge in [0.25, 0.3) is 0 Å². The highest BCUT2D eigenvalue weighted by atomic mass is 16.5. The fourth-order valence-corrected chi connectivity index (χ4v) is 3.39. The first kappa shape index (κ1) is 17.2. The maximum Gasteiger partial charge on any atom is 0.360 e. The van der Waals surface area contributed by atoms with E-state index in [1.807, 2.05) is 9.80 Å². The molecule has 3 heterocycles. The summed E-state index contributed by atoms with van der Waals surface area (Å²) in [5.41, 5.74) is 0.0666. The molecule has 1 atom stereocenters. The summed E-state index contributed by atoms with van der Waals surface area (Å²) in [6, 6.07) is 0.456. The summed E-state index contributed by atoms with van der Waals surface area (Å²) in [4.78, 5) is 36.0. The highest BCUT2D eigenvalue weighted by molar-refractivity contribution is 5.91. The average molecular weight is 349 g/mol. The number of carbonyl (C=O) groups is 2. The van der Waals surface area contributed by atoms with Crippen LogP contribution in [0.15, 0.2) is 6.33 Å². The summed E-state index contributed by atoms with van der Waals surface area (Å²) in [5, 5.41) is 3.12. The number of rotatable bonds is 6. The van der Waals surface area contributed by atoms with Crippen molar-refractivity contribution in [2.45, 2.75) is 25.3 Å². The lowest BCUT2D eigenvalue weighted by Gasteiger charge is -2.27. The number of methoxy groups -OCH3 is 2. The van der Waals surface area contributed by atoms with Crippen molar-refractivity contribution in [1.82, 2.24) is 19.8 Å². The van der Waals surface area contributed by atoms with Gasteiger partial charge in [-0.3, -0.25) is 0 Å². The summed E-state index contributed by atoms with van der Waals surface area (Å²) < 4.78 is 9.94. The molecule has 136 valence electrons. The number of aromatic nitrogens is 2. The number of urea groups is 1. The van der Waals surface area contributed by atoms with Crippen molar-refractivity contribution in [2.24, 2.45) is 0 Å². The van der Waals surface area contributed by atoms with E-state index in [0.717, 1.165) is 25.9 Å². The number of hydrogen-bond donors (Lipinski definition) is 1. The van der Waals surface area contributed by atoms with Crippen LogP contribution in [0.1, 0.15) is 29.8 Å². The molecule has 2 amide bonds. The molecule has 9 heteroatoms. The van der Waals surface area contributed by atoms with Gasteiger partial charge in [-0.05, 0) is 19.3 Å². The highest BCUT2D eigenvalue weighted by Gasteiger charge is 2.37. The molecule has 0 aromatic carbocycles. The minimum Gasteiger partial charge on any atom is -0.491 e. The Labute approximate surface area is 146 Å². The van der Waals surface area contributed by atoms with E-state index in [0.29, 0.717) is 24.9 Å². The number of carbonyl (C=O) groups excluding carboxylic acids is 2. The molecule has 1 N–H and O–H groups in total. The van der Waals surface area contributed by atoms with Crippen LogP contribution in [0.2, 0.25) is 0 Å². The Morgan fingerprint density at radius 3 is 2.92 bits per heavy atom. The van der Waals surface area contributed by atoms with Crippen LogP contribution >= 0.6 is 0 Å². The summed E-state index contributed by atoms with van der Waals surface area (Å²) >= 11 is 0. The zero-order valence-electron chi connectivity index (χ0n) is 14.5. The molecule has 25 heavy (non-hydrogen) atoms. The molecule has 0 aliphatic carbocycles. The van der Waals surface area contributed by atoms with Crippen molar-refractivity contribution in [2.75, 3.05) is 45.7 Å². The normalized spacial score (nSPS) is 19.6. The smallest absolute Gasteiger partial charge is 0.360 e. The second kappa shape index (κ2) is 7.54. The van der Waals surface area contributed by atoms with Gasteiger partial charge < -0.3 is 24.6 Å². The number of piperidine rings is 1. The van der Waals surface area contributed by atoms with E-state index in [-0.39, 0.29) is 17.5 Å². The van der Waals surface area contributed by atoms with Crippen molar-refractivity contribution in [3.63, 3.8) is 0 Å². The van der Waals surface area contributed by atoms with Crippen LogP contribution in [-0.4, -0.2) is 78.2 Å². The van der Waals surface area contributed by atoms with E-state index in [9.17, 15) is 9.59 Å². The Balaban J connectivity index is 1.61. The maximum absolute atomic E-state index is 12.4. The predicted molar refractivity (Wildman–Crippen MR) is 89.7 cm³/mol. The standard InChI is InChI=1S/C16H23N5O4/c1-24-13-12(15(22)25-2)18-10-19-14(13)17-6-8-20-9-11-5-3-4-7-21(11)16(20)23/h10-11H,3-9H2,1-2H3,(H,17,18,19). The first-order valence-electron chi connectivity index (χ1n) is 8.42. The Morgan fingerprint density at radius 2 is 2.20 bits per heavy atom. The Bertz CT molecular complexity index is 653. The monoisotopic (exact) mass is 349 g/mol. The molecule has 1 aromatic rings. The Kier molecular flexibility index (Phi) is 5.20. The van der Waals surface area contributed by atoms with Crippen molar-refractivity contribution in [3.05, 3.63) is 12.0 Å². The summed E-state index contributed by atoms with van der Waals surface area (Å²) in [7, 11) is 2.73. The molecule has 1 unspecified atom stereocenters. The predicted octanol–water partition coefficient (Wildman–Crippen LogP) is 0.974. The quantitative estimate of drug-likeness (QED) is 0.765. The molecule has 2 saturated heterocycles. The van der Waals surface area contributed by atoms with Gasteiger partial charge in [-0.2, -0.15) is 0 Å². The lowest BCUT2D eigenvalue weighted by Crippen LogP contribution is -2.39. The fraction of sp³-hybridized carbons (Fsp3) is 0.625. The van der Waals surface area contributed by atoms with Crippen LogP contribution in [0.4, 0.5) is 10.6 Å². The third-order valence-electron chi connectivity index (χ3n) is 4.64. The molecule has 1 aromatic heterocycles. The number of nitrogens with zero attached hydrogens (tertiary/aromatic N) is 4. The summed E-state index contributed by atoms with van der Waals surface area (Å²) in [5.74, 6) is 0.0516. The zero-order chi connectivity index (χ0) is 17.8. The second-order valence-corrected chi connectivity index (χ2v) is 6.09. The molecule has 9 nitrogen and oxygen atoms in total. The van der Waals surface area contributed by atoms with E-state index >= 15 is 0 Å². The summed E-state index contributed by atoms with van der Waals surface area (Å²) in [6.45, 7) is 2.69. The van der Waals surface area contributed by atoms with E-state index in [4.69, 9.17) is 9.47 Å². The van der Waals surface area contributed by atoms with Crippen LogP contribution in [0.25, 0.3) is 0 Å². The largest absolute Gasteiger partial charge is 0.491 e. The van der Waals surface area contributed by atoms with Crippen molar-refractivity contribution >= 4 is 17.8 Å². The molecular formula is C16H23N5O4. The second-order valence-electron chi connectivity index (χ2n) is 6.09. The first-order valence-corrected chi connectivity index (χ1v) is 8.42. The van der Waals surface area contributed by atoms with E-state index in [1.165, 1.54) is 27.0 Å². The SMILES string of the molecule is COC(=O)c1ncnc(NCCN2CC3CCCCN3C2=O)c1OC. The van der Waals surface area contributed by atoms with Crippen LogP contribution < -0.4 is 10.1 Å². The highest BCUT2D eigenvalue weighted by Crippen LogP contribution is 2.26. The van der Waals surface area contributed by atoms with Crippen LogP contribution in [0, 0.1) is 0 Å². The first-order chi connectivity index (χ1) is 12.2. The minimum atomic E-state index is -0.589. The van der Waals surface area contributed by atoms with Gasteiger partial charge in [0.15, 0.2) is 17.3 Å². The van der Waals surface area contributed by atoms with Gasteiger partial charge >= 0.3 is 12.0 Å². The van der Waals surface area contributed by atoms with Crippen molar-refractivity contribution in [3.8, 4) is 5.75 Å². The Morgan fingerprint density at radius 1 is 1.36 bits per heavy atom.